The molecule has 2 N–H and O–H groups in total. The van der Waals surface area contributed by atoms with E-state index in [1.54, 1.807) is 24.3 Å². The number of hydrogen-bond donors (Lipinski definition) is 2. The zero-order valence-electron chi connectivity index (χ0n) is 20.5. The van der Waals surface area contributed by atoms with Crippen LogP contribution < -0.4 is 14.8 Å². The molecule has 1 fully saturated rings. The van der Waals surface area contributed by atoms with E-state index in [4.69, 9.17) is 4.74 Å². The number of carbonyl (C=O) groups excluding carboxylic acids is 1. The summed E-state index contributed by atoms with van der Waals surface area (Å²) >= 11 is 0. The Bertz CT molecular complexity index is 1470. The van der Waals surface area contributed by atoms with Gasteiger partial charge >= 0.3 is 0 Å². The van der Waals surface area contributed by atoms with Crippen LogP contribution in [0.15, 0.2) is 82.6 Å². The highest BCUT2D eigenvalue weighted by atomic mass is 32.2. The second kappa shape index (κ2) is 10.9. The molecule has 0 aliphatic carbocycles. The van der Waals surface area contributed by atoms with Gasteiger partial charge in [-0.1, -0.05) is 18.2 Å². The number of piperidine rings is 1. The van der Waals surface area contributed by atoms with Crippen LogP contribution in [0.3, 0.4) is 0 Å². The van der Waals surface area contributed by atoms with Crippen molar-refractivity contribution in [2.45, 2.75) is 29.6 Å². The van der Waals surface area contributed by atoms with Crippen molar-refractivity contribution in [3.05, 3.63) is 78.4 Å². The van der Waals surface area contributed by atoms with Crippen molar-refractivity contribution in [1.82, 2.24) is 4.31 Å². The summed E-state index contributed by atoms with van der Waals surface area (Å²) in [6.07, 6.45) is 1.10. The number of ether oxygens (including phenoxy) is 1. The molecule has 3 aromatic rings. The van der Waals surface area contributed by atoms with Crippen molar-refractivity contribution >= 4 is 37.3 Å². The number of sulfonamides is 2. The maximum absolute atomic E-state index is 13.1. The fourth-order valence-corrected chi connectivity index (χ4v) is 6.78. The minimum absolute atomic E-state index is 0.0585. The van der Waals surface area contributed by atoms with E-state index in [0.717, 1.165) is 5.56 Å². The molecule has 0 radical (unpaired) electrons. The first-order valence-electron chi connectivity index (χ1n) is 11.7. The topological polar surface area (TPSA) is 122 Å². The van der Waals surface area contributed by atoms with E-state index < -0.39 is 26.0 Å². The Kier molecular flexibility index (Phi) is 7.86. The predicted molar refractivity (Wildman–Crippen MR) is 142 cm³/mol. The lowest BCUT2D eigenvalue weighted by atomic mass is 9.99. The predicted octanol–water partition coefficient (Wildman–Crippen LogP) is 3.84. The fourth-order valence-electron chi connectivity index (χ4n) is 4.12. The van der Waals surface area contributed by atoms with Gasteiger partial charge in [0.2, 0.25) is 15.9 Å². The zero-order chi connectivity index (χ0) is 26.6. The van der Waals surface area contributed by atoms with Crippen LogP contribution in [0.25, 0.3) is 0 Å². The van der Waals surface area contributed by atoms with Gasteiger partial charge in [-0.05, 0) is 79.9 Å². The van der Waals surface area contributed by atoms with Crippen molar-refractivity contribution in [3.8, 4) is 5.75 Å². The first kappa shape index (κ1) is 26.6. The minimum Gasteiger partial charge on any atom is -0.497 e. The van der Waals surface area contributed by atoms with Gasteiger partial charge in [-0.15, -0.1) is 0 Å². The van der Waals surface area contributed by atoms with Crippen molar-refractivity contribution in [2.24, 2.45) is 5.92 Å². The largest absolute Gasteiger partial charge is 0.497 e. The highest BCUT2D eigenvalue weighted by Crippen LogP contribution is 2.26. The monoisotopic (exact) mass is 543 g/mol. The van der Waals surface area contributed by atoms with Crippen molar-refractivity contribution in [3.63, 3.8) is 0 Å². The Morgan fingerprint density at radius 1 is 0.919 bits per heavy atom. The molecule has 1 saturated heterocycles. The van der Waals surface area contributed by atoms with Gasteiger partial charge in [-0.3, -0.25) is 9.52 Å². The Balaban J connectivity index is 1.41. The van der Waals surface area contributed by atoms with E-state index in [1.807, 2.05) is 19.1 Å². The fraction of sp³-hybridized carbons (Fsp3) is 0.269. The molecule has 196 valence electrons. The number of hydrogen-bond acceptors (Lipinski definition) is 6. The third kappa shape index (κ3) is 6.12. The molecule has 0 saturated carbocycles. The summed E-state index contributed by atoms with van der Waals surface area (Å²) in [5, 5.41) is 2.78. The maximum Gasteiger partial charge on any atom is 0.261 e. The molecule has 9 nitrogen and oxygen atoms in total. The average Bonchev–Trinajstić information content (AvgIpc) is 2.90. The number of nitrogens with zero attached hydrogens (tertiary/aromatic N) is 1. The standard InChI is InChI=1S/C26H29N3O6S2/c1-19-6-3-4-8-25(19)28-36(31,32)23-13-9-21(10-14-23)27-26(30)20-7-5-17-29(18-20)37(33,34)24-15-11-22(35-2)12-16-24/h3-4,6,8-16,20,28H,5,7,17-18H2,1-2H3,(H,27,30)/t20-/m1/s1. The van der Waals surface area contributed by atoms with Gasteiger partial charge < -0.3 is 10.1 Å². The Hall–Kier alpha value is -3.41. The SMILES string of the molecule is COc1ccc(S(=O)(=O)N2CCC[C@@H](C(=O)Nc3ccc(S(=O)(=O)Nc4ccccc4C)cc3)C2)cc1. The lowest BCUT2D eigenvalue weighted by Gasteiger charge is -2.31. The summed E-state index contributed by atoms with van der Waals surface area (Å²) in [5.74, 6) is -0.296. The number of methoxy groups -OCH3 is 1. The van der Waals surface area contributed by atoms with Gasteiger partial charge in [0.1, 0.15) is 5.75 Å². The number of rotatable bonds is 8. The molecule has 11 heteroatoms. The molecule has 0 spiro atoms. The number of nitrogens with one attached hydrogen (secondary N) is 2. The number of para-hydroxylation sites is 1. The molecular formula is C26H29N3O6S2. The molecule has 1 heterocycles. The average molecular weight is 544 g/mol. The van der Waals surface area contributed by atoms with Crippen LogP contribution in [-0.2, 0) is 24.8 Å². The molecule has 1 aliphatic rings. The van der Waals surface area contributed by atoms with Crippen LogP contribution in [0.5, 0.6) is 5.75 Å². The van der Waals surface area contributed by atoms with Crippen LogP contribution in [0.4, 0.5) is 11.4 Å². The molecule has 1 amide bonds. The van der Waals surface area contributed by atoms with E-state index >= 15 is 0 Å². The van der Waals surface area contributed by atoms with E-state index in [2.05, 4.69) is 10.0 Å². The zero-order valence-corrected chi connectivity index (χ0v) is 22.2. The summed E-state index contributed by atoms with van der Waals surface area (Å²) < 4.78 is 60.7. The molecule has 0 aromatic heterocycles. The smallest absolute Gasteiger partial charge is 0.261 e. The molecular weight excluding hydrogens is 514 g/mol. The minimum atomic E-state index is -3.80. The number of anilines is 2. The number of amides is 1. The van der Waals surface area contributed by atoms with Crippen LogP contribution in [0, 0.1) is 12.8 Å². The van der Waals surface area contributed by atoms with Crippen molar-refractivity contribution < 1.29 is 26.4 Å². The van der Waals surface area contributed by atoms with Gasteiger partial charge in [0, 0.05) is 18.8 Å². The second-order valence-corrected chi connectivity index (χ2v) is 12.4. The summed E-state index contributed by atoms with van der Waals surface area (Å²) in [6.45, 7) is 2.21. The quantitative estimate of drug-likeness (QED) is 0.445. The normalized spacial score (nSPS) is 16.6. The van der Waals surface area contributed by atoms with Crippen molar-refractivity contribution in [2.75, 3.05) is 30.2 Å². The molecule has 3 aromatic carbocycles. The molecule has 37 heavy (non-hydrogen) atoms. The Labute approximate surface area is 217 Å². The first-order valence-corrected chi connectivity index (χ1v) is 14.7. The third-order valence-electron chi connectivity index (χ3n) is 6.27. The third-order valence-corrected chi connectivity index (χ3v) is 9.53. The van der Waals surface area contributed by atoms with Gasteiger partial charge in [0.25, 0.3) is 10.0 Å². The highest BCUT2D eigenvalue weighted by Gasteiger charge is 2.33. The van der Waals surface area contributed by atoms with E-state index in [0.29, 0.717) is 36.5 Å². The van der Waals surface area contributed by atoms with E-state index in [-0.39, 0.29) is 22.2 Å². The summed E-state index contributed by atoms with van der Waals surface area (Å²) in [6, 6.07) is 19.1. The first-order chi connectivity index (χ1) is 17.6. The number of carbonyl (C=O) groups is 1. The maximum atomic E-state index is 13.1. The second-order valence-electron chi connectivity index (χ2n) is 8.81. The summed E-state index contributed by atoms with van der Waals surface area (Å²) in [5.41, 5.74) is 1.71. The van der Waals surface area contributed by atoms with Gasteiger partial charge in [-0.25, -0.2) is 16.8 Å². The Morgan fingerprint density at radius 2 is 1.57 bits per heavy atom. The number of aryl methyl sites for hydroxylation is 1. The van der Waals surface area contributed by atoms with E-state index in [1.165, 1.54) is 47.8 Å². The van der Waals surface area contributed by atoms with Crippen molar-refractivity contribution in [1.29, 1.82) is 0 Å². The lowest BCUT2D eigenvalue weighted by Crippen LogP contribution is -2.43. The molecule has 0 unspecified atom stereocenters. The van der Waals surface area contributed by atoms with Crippen LogP contribution in [-0.4, -0.2) is 47.2 Å². The molecule has 0 bridgehead atoms. The lowest BCUT2D eigenvalue weighted by molar-refractivity contribution is -0.120. The van der Waals surface area contributed by atoms with Gasteiger partial charge in [0.15, 0.2) is 0 Å². The van der Waals surface area contributed by atoms with Crippen LogP contribution in [0.2, 0.25) is 0 Å². The summed E-state index contributed by atoms with van der Waals surface area (Å²) in [4.78, 5) is 13.1. The van der Waals surface area contributed by atoms with Crippen LogP contribution in [0.1, 0.15) is 18.4 Å². The highest BCUT2D eigenvalue weighted by molar-refractivity contribution is 7.92. The van der Waals surface area contributed by atoms with E-state index in [9.17, 15) is 21.6 Å². The number of benzene rings is 3. The molecule has 1 atom stereocenters. The summed E-state index contributed by atoms with van der Waals surface area (Å²) in [7, 11) is -6.05. The molecule has 1 aliphatic heterocycles. The molecule has 4 rings (SSSR count). The van der Waals surface area contributed by atoms with Gasteiger partial charge in [-0.2, -0.15) is 4.31 Å². The van der Waals surface area contributed by atoms with Crippen LogP contribution >= 0.6 is 0 Å². The van der Waals surface area contributed by atoms with Gasteiger partial charge in [0.05, 0.1) is 28.5 Å². The Morgan fingerprint density at radius 3 is 2.22 bits per heavy atom.